The molecule has 0 saturated carbocycles. The van der Waals surface area contributed by atoms with Crippen molar-refractivity contribution < 1.29 is 14.3 Å². The van der Waals surface area contributed by atoms with Gasteiger partial charge in [-0.15, -0.1) is 0 Å². The minimum absolute atomic E-state index is 0.270. The van der Waals surface area contributed by atoms with Crippen molar-refractivity contribution in [2.24, 2.45) is 0 Å². The number of rotatable bonds is 3. The van der Waals surface area contributed by atoms with Crippen molar-refractivity contribution in [3.63, 3.8) is 0 Å². The number of carbonyl (C=O) groups excluding carboxylic acids is 2. The molecule has 1 heterocycles. The van der Waals surface area contributed by atoms with Gasteiger partial charge in [-0.25, -0.2) is 4.90 Å². The molecule has 0 radical (unpaired) electrons. The summed E-state index contributed by atoms with van der Waals surface area (Å²) < 4.78 is 5.37. The van der Waals surface area contributed by atoms with Crippen LogP contribution in [0.5, 0.6) is 5.75 Å². The molecule has 0 aliphatic carbocycles. The molecule has 1 aromatic rings. The highest BCUT2D eigenvalue weighted by atomic mass is 35.5. The molecular weight excluding hydrogens is 277 g/mol. The fraction of sp³-hybridized carbons (Fsp3) is 0.167. The predicted molar refractivity (Wildman–Crippen MR) is 68.8 cm³/mol. The maximum atomic E-state index is 11.9. The first-order valence-electron chi connectivity index (χ1n) is 5.23. The molecule has 2 amide bonds. The third-order valence-corrected chi connectivity index (χ3v) is 3.18. The van der Waals surface area contributed by atoms with Crippen LogP contribution < -0.4 is 9.64 Å². The second kappa shape index (κ2) is 5.00. The first kappa shape index (κ1) is 12.9. The quantitative estimate of drug-likeness (QED) is 0.802. The monoisotopic (exact) mass is 285 g/mol. The minimum atomic E-state index is -0.640. The van der Waals surface area contributed by atoms with E-state index in [0.29, 0.717) is 18.0 Å². The maximum Gasteiger partial charge on any atom is 0.278 e. The highest BCUT2D eigenvalue weighted by molar-refractivity contribution is 6.62. The first-order valence-corrected chi connectivity index (χ1v) is 5.99. The van der Waals surface area contributed by atoms with Crippen molar-refractivity contribution >= 4 is 40.7 Å². The Labute approximate surface area is 114 Å². The Morgan fingerprint density at radius 2 is 1.67 bits per heavy atom. The van der Waals surface area contributed by atoms with E-state index < -0.39 is 11.8 Å². The Morgan fingerprint density at radius 1 is 1.11 bits per heavy atom. The molecule has 2 rings (SSSR count). The van der Waals surface area contributed by atoms with Crippen LogP contribution in [0.1, 0.15) is 6.92 Å². The van der Waals surface area contributed by atoms with Gasteiger partial charge in [0.15, 0.2) is 0 Å². The molecule has 6 heteroatoms. The summed E-state index contributed by atoms with van der Waals surface area (Å²) in [6, 6.07) is 6.70. The zero-order valence-corrected chi connectivity index (χ0v) is 11.0. The van der Waals surface area contributed by atoms with Crippen LogP contribution in [0.3, 0.4) is 0 Å². The zero-order chi connectivity index (χ0) is 13.3. The third kappa shape index (κ3) is 1.98. The van der Waals surface area contributed by atoms with Crippen molar-refractivity contribution in [3.05, 3.63) is 34.3 Å². The van der Waals surface area contributed by atoms with Crippen LogP contribution in [0.15, 0.2) is 34.3 Å². The number of hydrogen-bond acceptors (Lipinski definition) is 3. The van der Waals surface area contributed by atoms with Crippen LogP contribution in [-0.4, -0.2) is 18.4 Å². The Kier molecular flexibility index (Phi) is 3.59. The number of benzene rings is 1. The van der Waals surface area contributed by atoms with E-state index in [9.17, 15) is 9.59 Å². The summed E-state index contributed by atoms with van der Waals surface area (Å²) in [6.07, 6.45) is 0. The molecule has 0 unspecified atom stereocenters. The number of para-hydroxylation sites is 2. The summed E-state index contributed by atoms with van der Waals surface area (Å²) in [7, 11) is 0. The van der Waals surface area contributed by atoms with E-state index in [-0.39, 0.29) is 10.1 Å². The Bertz CT molecular complexity index is 530. The lowest BCUT2D eigenvalue weighted by Gasteiger charge is -2.17. The number of amides is 2. The molecule has 0 atom stereocenters. The number of hydrogen-bond donors (Lipinski definition) is 0. The average molecular weight is 286 g/mol. The van der Waals surface area contributed by atoms with E-state index in [4.69, 9.17) is 27.9 Å². The normalized spacial score (nSPS) is 15.6. The molecular formula is C12H9Cl2NO3. The van der Waals surface area contributed by atoms with E-state index in [1.54, 1.807) is 24.3 Å². The molecule has 0 N–H and O–H groups in total. The molecule has 4 nitrogen and oxygen atoms in total. The molecule has 94 valence electrons. The van der Waals surface area contributed by atoms with Gasteiger partial charge >= 0.3 is 0 Å². The van der Waals surface area contributed by atoms with Crippen LogP contribution in [-0.2, 0) is 9.59 Å². The minimum Gasteiger partial charge on any atom is -0.492 e. The molecule has 0 aromatic heterocycles. The van der Waals surface area contributed by atoms with Crippen molar-refractivity contribution in [2.45, 2.75) is 6.92 Å². The fourth-order valence-corrected chi connectivity index (χ4v) is 1.95. The van der Waals surface area contributed by atoms with Gasteiger partial charge in [-0.3, -0.25) is 9.59 Å². The maximum absolute atomic E-state index is 11.9. The Hall–Kier alpha value is -1.52. The smallest absolute Gasteiger partial charge is 0.278 e. The SMILES string of the molecule is CCOc1ccccc1N1C(=O)C(Cl)=C(Cl)C1=O. The summed E-state index contributed by atoms with van der Waals surface area (Å²) in [6.45, 7) is 2.23. The van der Waals surface area contributed by atoms with Crippen LogP contribution in [0, 0.1) is 0 Å². The average Bonchev–Trinajstić information content (AvgIpc) is 2.56. The van der Waals surface area contributed by atoms with Gasteiger partial charge in [-0.1, -0.05) is 35.3 Å². The van der Waals surface area contributed by atoms with Gasteiger partial charge in [0.05, 0.1) is 12.3 Å². The number of nitrogens with zero attached hydrogens (tertiary/aromatic N) is 1. The summed E-state index contributed by atoms with van der Waals surface area (Å²) in [5, 5.41) is -0.541. The van der Waals surface area contributed by atoms with Crippen molar-refractivity contribution in [1.82, 2.24) is 0 Å². The van der Waals surface area contributed by atoms with Crippen molar-refractivity contribution in [3.8, 4) is 5.75 Å². The Balaban J connectivity index is 2.46. The van der Waals surface area contributed by atoms with Crippen LogP contribution in [0.25, 0.3) is 0 Å². The molecule has 1 aromatic carbocycles. The second-order valence-corrected chi connectivity index (χ2v) is 4.23. The second-order valence-electron chi connectivity index (χ2n) is 3.47. The predicted octanol–water partition coefficient (Wildman–Crippen LogP) is 2.65. The zero-order valence-electron chi connectivity index (χ0n) is 9.44. The van der Waals surface area contributed by atoms with Gasteiger partial charge in [0.1, 0.15) is 15.8 Å². The van der Waals surface area contributed by atoms with Crippen molar-refractivity contribution in [2.75, 3.05) is 11.5 Å². The third-order valence-electron chi connectivity index (χ3n) is 2.38. The van der Waals surface area contributed by atoms with Crippen molar-refractivity contribution in [1.29, 1.82) is 0 Å². The summed E-state index contributed by atoms with van der Waals surface area (Å²) >= 11 is 11.4. The lowest BCUT2D eigenvalue weighted by atomic mass is 10.2. The van der Waals surface area contributed by atoms with E-state index in [1.165, 1.54) is 0 Å². The first-order chi connectivity index (χ1) is 8.57. The number of carbonyl (C=O) groups is 2. The van der Waals surface area contributed by atoms with Crippen LogP contribution >= 0.6 is 23.2 Å². The molecule has 1 aliphatic heterocycles. The van der Waals surface area contributed by atoms with E-state index >= 15 is 0 Å². The molecule has 0 fully saturated rings. The van der Waals surface area contributed by atoms with Crippen LogP contribution in [0.2, 0.25) is 0 Å². The number of halogens is 2. The molecule has 1 aliphatic rings. The van der Waals surface area contributed by atoms with Gasteiger partial charge in [0, 0.05) is 0 Å². The number of imide groups is 1. The molecule has 0 saturated heterocycles. The summed E-state index contributed by atoms with van der Waals surface area (Å²) in [5.41, 5.74) is 0.336. The van der Waals surface area contributed by atoms with Crippen LogP contribution in [0.4, 0.5) is 5.69 Å². The summed E-state index contributed by atoms with van der Waals surface area (Å²) in [5.74, 6) is -0.852. The Morgan fingerprint density at radius 3 is 2.22 bits per heavy atom. The lowest BCUT2D eigenvalue weighted by Crippen LogP contribution is -2.31. The highest BCUT2D eigenvalue weighted by Gasteiger charge is 2.39. The fourth-order valence-electron chi connectivity index (χ4n) is 1.61. The summed E-state index contributed by atoms with van der Waals surface area (Å²) in [4.78, 5) is 24.6. The van der Waals surface area contributed by atoms with Gasteiger partial charge in [0.2, 0.25) is 0 Å². The van der Waals surface area contributed by atoms with Gasteiger partial charge in [-0.05, 0) is 19.1 Å². The van der Waals surface area contributed by atoms with E-state index in [2.05, 4.69) is 0 Å². The topological polar surface area (TPSA) is 46.6 Å². The van der Waals surface area contributed by atoms with Gasteiger partial charge in [-0.2, -0.15) is 0 Å². The lowest BCUT2D eigenvalue weighted by molar-refractivity contribution is -0.120. The largest absolute Gasteiger partial charge is 0.492 e. The van der Waals surface area contributed by atoms with Gasteiger partial charge < -0.3 is 4.74 Å². The number of anilines is 1. The van der Waals surface area contributed by atoms with Gasteiger partial charge in [0.25, 0.3) is 11.8 Å². The van der Waals surface area contributed by atoms with E-state index in [0.717, 1.165) is 4.90 Å². The highest BCUT2D eigenvalue weighted by Crippen LogP contribution is 2.36. The standard InChI is InChI=1S/C12H9Cl2NO3/c1-2-18-8-6-4-3-5-7(8)15-11(16)9(13)10(14)12(15)17/h3-6H,2H2,1H3. The number of ether oxygens (including phenoxy) is 1. The molecule has 0 spiro atoms. The van der Waals surface area contributed by atoms with E-state index in [1.807, 2.05) is 6.92 Å². The molecule has 18 heavy (non-hydrogen) atoms. The molecule has 0 bridgehead atoms.